The zero-order chi connectivity index (χ0) is 19.9. The van der Waals surface area contributed by atoms with Crippen molar-refractivity contribution >= 4 is 33.2 Å². The van der Waals surface area contributed by atoms with Gasteiger partial charge in [0.1, 0.15) is 5.75 Å². The van der Waals surface area contributed by atoms with E-state index in [2.05, 4.69) is 45.6 Å². The molecule has 0 aliphatic rings. The number of ether oxygens (including phenoxy) is 1. The molecular formula is C23H23BrN2O2. The first-order valence-electron chi connectivity index (χ1n) is 9.08. The van der Waals surface area contributed by atoms with Crippen LogP contribution in [-0.4, -0.2) is 12.5 Å². The Morgan fingerprint density at radius 2 is 1.50 bits per heavy atom. The molecule has 0 aliphatic heterocycles. The van der Waals surface area contributed by atoms with Gasteiger partial charge in [0.05, 0.1) is 0 Å². The number of hydrogen-bond acceptors (Lipinski definition) is 3. The highest BCUT2D eigenvalue weighted by Gasteiger charge is 2.09. The molecule has 0 unspecified atom stereocenters. The van der Waals surface area contributed by atoms with Crippen molar-refractivity contribution in [3.63, 3.8) is 0 Å². The van der Waals surface area contributed by atoms with E-state index >= 15 is 0 Å². The summed E-state index contributed by atoms with van der Waals surface area (Å²) in [6.45, 7) is 4.62. The molecule has 3 aromatic carbocycles. The van der Waals surface area contributed by atoms with E-state index in [0.29, 0.717) is 12.3 Å². The highest BCUT2D eigenvalue weighted by atomic mass is 79.9. The van der Waals surface area contributed by atoms with Crippen LogP contribution in [0.2, 0.25) is 0 Å². The van der Waals surface area contributed by atoms with Crippen molar-refractivity contribution in [2.45, 2.75) is 20.4 Å². The van der Waals surface area contributed by atoms with Gasteiger partial charge in [-0.05, 0) is 56.3 Å². The lowest BCUT2D eigenvalue weighted by atomic mass is 10.2. The summed E-state index contributed by atoms with van der Waals surface area (Å²) in [5.41, 5.74) is 5.13. The van der Waals surface area contributed by atoms with Gasteiger partial charge in [0.25, 0.3) is 5.91 Å². The van der Waals surface area contributed by atoms with Crippen LogP contribution in [0.15, 0.2) is 71.2 Å². The molecule has 0 aliphatic carbocycles. The van der Waals surface area contributed by atoms with Gasteiger partial charge in [-0.25, -0.2) is 0 Å². The number of aryl methyl sites for hydroxylation is 2. The molecule has 28 heavy (non-hydrogen) atoms. The van der Waals surface area contributed by atoms with Gasteiger partial charge in [-0.3, -0.25) is 4.79 Å². The molecular weight excluding hydrogens is 416 g/mol. The molecule has 3 rings (SSSR count). The van der Waals surface area contributed by atoms with E-state index in [4.69, 9.17) is 4.74 Å². The number of nitrogens with one attached hydrogen (secondary N) is 2. The first-order valence-corrected chi connectivity index (χ1v) is 9.87. The van der Waals surface area contributed by atoms with Gasteiger partial charge in [0.15, 0.2) is 6.61 Å². The lowest BCUT2D eigenvalue weighted by molar-refractivity contribution is -0.118. The second-order valence-corrected chi connectivity index (χ2v) is 7.59. The molecule has 4 nitrogen and oxygen atoms in total. The molecule has 0 fully saturated rings. The average molecular weight is 439 g/mol. The minimum absolute atomic E-state index is 0.0486. The molecule has 144 valence electrons. The minimum Gasteiger partial charge on any atom is -0.483 e. The van der Waals surface area contributed by atoms with Gasteiger partial charge in [0.2, 0.25) is 0 Å². The molecule has 0 atom stereocenters. The Bertz CT molecular complexity index is 938. The maximum absolute atomic E-state index is 12.2. The predicted octanol–water partition coefficient (Wildman–Crippen LogP) is 5.70. The van der Waals surface area contributed by atoms with Crippen LogP contribution in [0.25, 0.3) is 0 Å². The van der Waals surface area contributed by atoms with Gasteiger partial charge < -0.3 is 15.4 Å². The van der Waals surface area contributed by atoms with Gasteiger partial charge >= 0.3 is 0 Å². The molecule has 5 heteroatoms. The van der Waals surface area contributed by atoms with E-state index in [0.717, 1.165) is 27.0 Å². The van der Waals surface area contributed by atoms with Crippen LogP contribution in [0.1, 0.15) is 16.7 Å². The smallest absolute Gasteiger partial charge is 0.262 e. The van der Waals surface area contributed by atoms with Crippen molar-refractivity contribution in [3.8, 4) is 5.75 Å². The first-order chi connectivity index (χ1) is 13.5. The largest absolute Gasteiger partial charge is 0.483 e. The summed E-state index contributed by atoms with van der Waals surface area (Å²) in [4.78, 5) is 12.2. The SMILES string of the molecule is Cc1ccc(NCc2cc(Br)ccc2OCC(=O)Nc2ccc(C)cc2)cc1. The van der Waals surface area contributed by atoms with Gasteiger partial charge in [-0.1, -0.05) is 51.3 Å². The zero-order valence-corrected chi connectivity index (χ0v) is 17.5. The quantitative estimate of drug-likeness (QED) is 0.497. The van der Waals surface area contributed by atoms with Crippen LogP contribution in [0.3, 0.4) is 0 Å². The molecule has 3 aromatic rings. The summed E-state index contributed by atoms with van der Waals surface area (Å²) in [6, 6.07) is 21.7. The van der Waals surface area contributed by atoms with Crippen molar-refractivity contribution < 1.29 is 9.53 Å². The monoisotopic (exact) mass is 438 g/mol. The lowest BCUT2D eigenvalue weighted by Crippen LogP contribution is -2.20. The molecule has 1 amide bonds. The van der Waals surface area contributed by atoms with E-state index in [1.54, 1.807) is 0 Å². The van der Waals surface area contributed by atoms with E-state index in [-0.39, 0.29) is 12.5 Å². The fraction of sp³-hybridized carbons (Fsp3) is 0.174. The summed E-state index contributed by atoms with van der Waals surface area (Å²) in [7, 11) is 0. The second-order valence-electron chi connectivity index (χ2n) is 6.67. The van der Waals surface area contributed by atoms with Crippen LogP contribution in [0.4, 0.5) is 11.4 Å². The normalized spacial score (nSPS) is 10.4. The molecule has 0 aromatic heterocycles. The van der Waals surface area contributed by atoms with Crippen molar-refractivity contribution in [1.29, 1.82) is 0 Å². The summed E-state index contributed by atoms with van der Waals surface area (Å²) in [5.74, 6) is 0.492. The summed E-state index contributed by atoms with van der Waals surface area (Å²) >= 11 is 3.50. The maximum Gasteiger partial charge on any atom is 0.262 e. The van der Waals surface area contributed by atoms with Crippen molar-refractivity contribution in [2.24, 2.45) is 0 Å². The zero-order valence-electron chi connectivity index (χ0n) is 16.0. The Hall–Kier alpha value is -2.79. The van der Waals surface area contributed by atoms with Crippen LogP contribution in [-0.2, 0) is 11.3 Å². The number of carbonyl (C=O) groups excluding carboxylic acids is 1. The lowest BCUT2D eigenvalue weighted by Gasteiger charge is -2.14. The number of rotatable bonds is 7. The van der Waals surface area contributed by atoms with E-state index < -0.39 is 0 Å². The molecule has 0 spiro atoms. The van der Waals surface area contributed by atoms with Gasteiger partial charge in [-0.2, -0.15) is 0 Å². The molecule has 0 saturated heterocycles. The topological polar surface area (TPSA) is 50.4 Å². The summed E-state index contributed by atoms with van der Waals surface area (Å²) in [5, 5.41) is 6.23. The third-order valence-corrected chi connectivity index (χ3v) is 4.74. The maximum atomic E-state index is 12.2. The Balaban J connectivity index is 1.60. The highest BCUT2D eigenvalue weighted by Crippen LogP contribution is 2.24. The standard InChI is InChI=1S/C23H23BrN2O2/c1-16-3-8-20(9-4-16)25-14-18-13-19(24)7-12-22(18)28-15-23(27)26-21-10-5-17(2)6-11-21/h3-13,25H,14-15H2,1-2H3,(H,26,27). The first kappa shape index (κ1) is 20.0. The number of benzene rings is 3. The average Bonchev–Trinajstić information content (AvgIpc) is 2.68. The molecule has 0 radical (unpaired) electrons. The van der Waals surface area contributed by atoms with Gasteiger partial charge in [-0.15, -0.1) is 0 Å². The Morgan fingerprint density at radius 1 is 0.893 bits per heavy atom. The van der Waals surface area contributed by atoms with Crippen LogP contribution in [0.5, 0.6) is 5.75 Å². The minimum atomic E-state index is -0.191. The Kier molecular flexibility index (Phi) is 6.71. The second kappa shape index (κ2) is 9.42. The molecule has 2 N–H and O–H groups in total. The highest BCUT2D eigenvalue weighted by molar-refractivity contribution is 9.10. The molecule has 0 saturated carbocycles. The van der Waals surface area contributed by atoms with Crippen molar-refractivity contribution in [1.82, 2.24) is 0 Å². The third-order valence-electron chi connectivity index (χ3n) is 4.25. The van der Waals surface area contributed by atoms with E-state index in [1.165, 1.54) is 5.56 Å². The third kappa shape index (κ3) is 5.86. The van der Waals surface area contributed by atoms with Crippen molar-refractivity contribution in [2.75, 3.05) is 17.2 Å². The molecule has 0 heterocycles. The van der Waals surface area contributed by atoms with E-state index in [1.807, 2.05) is 61.5 Å². The number of carbonyl (C=O) groups is 1. The number of hydrogen-bond donors (Lipinski definition) is 2. The van der Waals surface area contributed by atoms with Crippen molar-refractivity contribution in [3.05, 3.63) is 87.9 Å². The van der Waals surface area contributed by atoms with Crippen LogP contribution in [0, 0.1) is 13.8 Å². The van der Waals surface area contributed by atoms with Crippen LogP contribution < -0.4 is 15.4 Å². The number of anilines is 2. The van der Waals surface area contributed by atoms with Crippen LogP contribution >= 0.6 is 15.9 Å². The summed E-state index contributed by atoms with van der Waals surface area (Å²) in [6.07, 6.45) is 0. The number of halogens is 1. The fourth-order valence-electron chi connectivity index (χ4n) is 2.67. The Labute approximate surface area is 174 Å². The summed E-state index contributed by atoms with van der Waals surface area (Å²) < 4.78 is 6.75. The molecule has 0 bridgehead atoms. The number of amides is 1. The Morgan fingerprint density at radius 3 is 2.14 bits per heavy atom. The van der Waals surface area contributed by atoms with E-state index in [9.17, 15) is 4.79 Å². The fourth-order valence-corrected chi connectivity index (χ4v) is 3.08. The van der Waals surface area contributed by atoms with Gasteiger partial charge in [0, 0.05) is 28.0 Å². The predicted molar refractivity (Wildman–Crippen MR) is 118 cm³/mol.